The van der Waals surface area contributed by atoms with Crippen LogP contribution in [0, 0.1) is 0 Å². The van der Waals surface area contributed by atoms with Crippen molar-refractivity contribution in [1.82, 2.24) is 9.88 Å². The Morgan fingerprint density at radius 3 is 2.25 bits per heavy atom. The summed E-state index contributed by atoms with van der Waals surface area (Å²) in [6.45, 7) is 8.44. The molecule has 1 aromatic heterocycles. The Morgan fingerprint density at radius 2 is 1.65 bits per heavy atom. The van der Waals surface area contributed by atoms with Crippen LogP contribution in [0.1, 0.15) is 25.0 Å². The van der Waals surface area contributed by atoms with E-state index in [-0.39, 0.29) is 0 Å². The molecule has 0 radical (unpaired) electrons. The van der Waals surface area contributed by atoms with Crippen molar-refractivity contribution in [2.24, 2.45) is 0 Å². The minimum Gasteiger partial charge on any atom is -0.366 e. The van der Waals surface area contributed by atoms with Gasteiger partial charge in [-0.3, -0.25) is 4.90 Å². The predicted molar refractivity (Wildman–Crippen MR) is 84.6 cm³/mol. The summed E-state index contributed by atoms with van der Waals surface area (Å²) in [5, 5.41) is 3.32. The molecule has 2 aromatic rings. The van der Waals surface area contributed by atoms with Crippen LogP contribution in [-0.4, -0.2) is 23.0 Å². The van der Waals surface area contributed by atoms with E-state index in [0.29, 0.717) is 0 Å². The summed E-state index contributed by atoms with van der Waals surface area (Å²) in [4.78, 5) is 6.67. The molecule has 0 bridgehead atoms. The van der Waals surface area contributed by atoms with Gasteiger partial charge < -0.3 is 5.32 Å². The molecule has 1 heterocycles. The van der Waals surface area contributed by atoms with Crippen molar-refractivity contribution in [3.63, 3.8) is 0 Å². The van der Waals surface area contributed by atoms with Crippen molar-refractivity contribution >= 4 is 5.82 Å². The lowest BCUT2D eigenvalue weighted by Crippen LogP contribution is -2.22. The maximum atomic E-state index is 4.26. The summed E-state index contributed by atoms with van der Waals surface area (Å²) >= 11 is 0. The summed E-state index contributed by atoms with van der Waals surface area (Å²) in [7, 11) is 0. The molecule has 3 heteroatoms. The third-order valence-corrected chi connectivity index (χ3v) is 3.46. The molecule has 1 aromatic carbocycles. The minimum absolute atomic E-state index is 0.808. The van der Waals surface area contributed by atoms with Crippen molar-refractivity contribution in [1.29, 1.82) is 0 Å². The van der Waals surface area contributed by atoms with Crippen LogP contribution in [0.3, 0.4) is 0 Å². The van der Waals surface area contributed by atoms with Crippen LogP contribution in [0.25, 0.3) is 0 Å². The number of rotatable bonds is 7. The summed E-state index contributed by atoms with van der Waals surface area (Å²) in [6, 6.07) is 14.7. The largest absolute Gasteiger partial charge is 0.366 e. The third-order valence-electron chi connectivity index (χ3n) is 3.46. The number of aromatic nitrogens is 1. The molecule has 0 amide bonds. The van der Waals surface area contributed by atoms with Crippen LogP contribution in [0.2, 0.25) is 0 Å². The van der Waals surface area contributed by atoms with E-state index >= 15 is 0 Å². The fourth-order valence-electron chi connectivity index (χ4n) is 2.13. The number of benzene rings is 1. The van der Waals surface area contributed by atoms with Gasteiger partial charge in [-0.15, -0.1) is 0 Å². The van der Waals surface area contributed by atoms with Gasteiger partial charge in [0.05, 0.1) is 0 Å². The Balaban J connectivity index is 1.88. The Morgan fingerprint density at radius 1 is 0.950 bits per heavy atom. The van der Waals surface area contributed by atoms with E-state index in [2.05, 4.69) is 53.3 Å². The first-order valence-corrected chi connectivity index (χ1v) is 7.27. The summed E-state index contributed by atoms with van der Waals surface area (Å²) in [6.07, 6.45) is 1.80. The Hall–Kier alpha value is -1.87. The first kappa shape index (κ1) is 14.5. The molecular weight excluding hydrogens is 246 g/mol. The van der Waals surface area contributed by atoms with Crippen LogP contribution in [0.5, 0.6) is 0 Å². The fourth-order valence-corrected chi connectivity index (χ4v) is 2.13. The normalized spacial score (nSPS) is 10.8. The SMILES string of the molecule is CCN(CC)Cc1ccc(CNc2ccccn2)cc1. The van der Waals surface area contributed by atoms with Gasteiger partial charge >= 0.3 is 0 Å². The molecule has 2 rings (SSSR count). The first-order valence-electron chi connectivity index (χ1n) is 7.27. The molecule has 0 atom stereocenters. The molecule has 0 fully saturated rings. The van der Waals surface area contributed by atoms with Gasteiger partial charge in [0, 0.05) is 19.3 Å². The maximum absolute atomic E-state index is 4.26. The molecular formula is C17H23N3. The lowest BCUT2D eigenvalue weighted by Gasteiger charge is -2.18. The quantitative estimate of drug-likeness (QED) is 0.833. The van der Waals surface area contributed by atoms with E-state index in [4.69, 9.17) is 0 Å². The average Bonchev–Trinajstić information content (AvgIpc) is 2.53. The molecule has 0 saturated carbocycles. The smallest absolute Gasteiger partial charge is 0.126 e. The van der Waals surface area contributed by atoms with Crippen LogP contribution in [0.4, 0.5) is 5.82 Å². The Labute approximate surface area is 121 Å². The van der Waals surface area contributed by atoms with Gasteiger partial charge in [0.2, 0.25) is 0 Å². The summed E-state index contributed by atoms with van der Waals surface area (Å²) in [5.41, 5.74) is 2.65. The lowest BCUT2D eigenvalue weighted by atomic mass is 10.1. The van der Waals surface area contributed by atoms with Gasteiger partial charge in [-0.2, -0.15) is 0 Å². The Bertz CT molecular complexity index is 489. The zero-order chi connectivity index (χ0) is 14.2. The number of hydrogen-bond donors (Lipinski definition) is 1. The van der Waals surface area contributed by atoms with Crippen LogP contribution in [0.15, 0.2) is 48.7 Å². The lowest BCUT2D eigenvalue weighted by molar-refractivity contribution is 0.296. The predicted octanol–water partition coefficient (Wildman–Crippen LogP) is 3.54. The van der Waals surface area contributed by atoms with Crippen molar-refractivity contribution in [3.05, 3.63) is 59.8 Å². The van der Waals surface area contributed by atoms with E-state index in [1.807, 2.05) is 18.2 Å². The first-order chi connectivity index (χ1) is 9.81. The highest BCUT2D eigenvalue weighted by molar-refractivity contribution is 5.35. The van der Waals surface area contributed by atoms with E-state index in [9.17, 15) is 0 Å². The van der Waals surface area contributed by atoms with E-state index in [1.165, 1.54) is 11.1 Å². The molecule has 0 spiro atoms. The van der Waals surface area contributed by atoms with Gasteiger partial charge in [-0.25, -0.2) is 4.98 Å². The standard InChI is InChI=1S/C17H23N3/c1-3-20(4-2)14-16-10-8-15(9-11-16)13-19-17-7-5-6-12-18-17/h5-12H,3-4,13-14H2,1-2H3,(H,18,19). The maximum Gasteiger partial charge on any atom is 0.126 e. The monoisotopic (exact) mass is 269 g/mol. The molecule has 0 aliphatic carbocycles. The molecule has 3 nitrogen and oxygen atoms in total. The molecule has 0 unspecified atom stereocenters. The van der Waals surface area contributed by atoms with Crippen molar-refractivity contribution in [3.8, 4) is 0 Å². The molecule has 0 aliphatic rings. The van der Waals surface area contributed by atoms with Crippen molar-refractivity contribution in [2.45, 2.75) is 26.9 Å². The van der Waals surface area contributed by atoms with Gasteiger partial charge in [-0.05, 0) is 36.3 Å². The van der Waals surface area contributed by atoms with Gasteiger partial charge in [0.1, 0.15) is 5.82 Å². The summed E-state index contributed by atoms with van der Waals surface area (Å²) in [5.74, 6) is 0.916. The van der Waals surface area contributed by atoms with Gasteiger partial charge in [-0.1, -0.05) is 44.2 Å². The molecule has 106 valence electrons. The number of pyridine rings is 1. The van der Waals surface area contributed by atoms with Crippen LogP contribution in [-0.2, 0) is 13.1 Å². The molecule has 1 N–H and O–H groups in total. The summed E-state index contributed by atoms with van der Waals surface area (Å²) < 4.78 is 0. The van der Waals surface area contributed by atoms with Crippen molar-refractivity contribution in [2.75, 3.05) is 18.4 Å². The second-order valence-electron chi connectivity index (χ2n) is 4.85. The highest BCUT2D eigenvalue weighted by Crippen LogP contribution is 2.09. The molecule has 0 saturated heterocycles. The third kappa shape index (κ3) is 4.35. The second kappa shape index (κ2) is 7.65. The average molecular weight is 269 g/mol. The number of nitrogens with zero attached hydrogens (tertiary/aromatic N) is 2. The fraction of sp³-hybridized carbons (Fsp3) is 0.353. The van der Waals surface area contributed by atoms with E-state index in [1.54, 1.807) is 6.20 Å². The van der Waals surface area contributed by atoms with E-state index < -0.39 is 0 Å². The van der Waals surface area contributed by atoms with E-state index in [0.717, 1.165) is 32.0 Å². The topological polar surface area (TPSA) is 28.2 Å². The minimum atomic E-state index is 0.808. The van der Waals surface area contributed by atoms with Gasteiger partial charge in [0.15, 0.2) is 0 Å². The molecule has 20 heavy (non-hydrogen) atoms. The van der Waals surface area contributed by atoms with Crippen LogP contribution < -0.4 is 5.32 Å². The zero-order valence-electron chi connectivity index (χ0n) is 12.3. The van der Waals surface area contributed by atoms with Gasteiger partial charge in [0.25, 0.3) is 0 Å². The zero-order valence-corrected chi connectivity index (χ0v) is 12.3. The number of hydrogen-bond acceptors (Lipinski definition) is 3. The van der Waals surface area contributed by atoms with Crippen molar-refractivity contribution < 1.29 is 0 Å². The number of anilines is 1. The molecule has 0 aliphatic heterocycles. The number of nitrogens with one attached hydrogen (secondary N) is 1. The highest BCUT2D eigenvalue weighted by atomic mass is 15.1. The van der Waals surface area contributed by atoms with Crippen LogP contribution >= 0.6 is 0 Å². The highest BCUT2D eigenvalue weighted by Gasteiger charge is 2.01. The Kier molecular flexibility index (Phi) is 5.56. The second-order valence-corrected chi connectivity index (χ2v) is 4.85.